The van der Waals surface area contributed by atoms with Crippen LogP contribution in [-0.2, 0) is 33.8 Å². The third-order valence-electron chi connectivity index (χ3n) is 3.61. The summed E-state index contributed by atoms with van der Waals surface area (Å²) in [4.78, 5) is 23.3. The molecule has 0 atom stereocenters. The minimum Gasteiger partial charge on any atom is -0.466 e. The Morgan fingerprint density at radius 2 is 1.81 bits per heavy atom. The number of hydrogen-bond donors (Lipinski definition) is 1. The summed E-state index contributed by atoms with van der Waals surface area (Å²) < 4.78 is 41.4. The van der Waals surface area contributed by atoms with Gasteiger partial charge in [0, 0.05) is 13.1 Å². The van der Waals surface area contributed by atoms with Crippen molar-refractivity contribution in [2.24, 2.45) is 0 Å². The number of esters is 2. The zero-order chi connectivity index (χ0) is 19.2. The van der Waals surface area contributed by atoms with Gasteiger partial charge in [0.1, 0.15) is 10.6 Å². The number of methoxy groups -OCH3 is 2. The maximum atomic E-state index is 12.9. The van der Waals surface area contributed by atoms with Gasteiger partial charge in [0.05, 0.1) is 39.2 Å². The fourth-order valence-electron chi connectivity index (χ4n) is 2.30. The predicted octanol–water partition coefficient (Wildman–Crippen LogP) is 0.349. The lowest BCUT2D eigenvalue weighted by Crippen LogP contribution is -2.40. The van der Waals surface area contributed by atoms with Crippen LogP contribution in [0.3, 0.4) is 0 Å². The average Bonchev–Trinajstić information content (AvgIpc) is 2.67. The Morgan fingerprint density at radius 3 is 2.42 bits per heavy atom. The van der Waals surface area contributed by atoms with E-state index in [4.69, 9.17) is 4.74 Å². The Labute approximate surface area is 151 Å². The average molecular weight is 384 g/mol. The summed E-state index contributed by atoms with van der Waals surface area (Å²) in [6.45, 7) is 1.09. The monoisotopic (exact) mass is 384 g/mol. The second-order valence-corrected chi connectivity index (χ2v) is 7.12. The molecule has 1 aromatic rings. The van der Waals surface area contributed by atoms with Crippen molar-refractivity contribution in [2.75, 3.05) is 45.8 Å². The van der Waals surface area contributed by atoms with Crippen molar-refractivity contribution in [3.8, 4) is 0 Å². The molecule has 0 saturated carbocycles. The molecule has 1 heterocycles. The second-order valence-electron chi connectivity index (χ2n) is 5.21. The van der Waals surface area contributed by atoms with Gasteiger partial charge in [0.2, 0.25) is 10.0 Å². The number of anilines is 1. The number of benzene rings is 1. The Hall–Kier alpha value is -2.43. The van der Waals surface area contributed by atoms with Gasteiger partial charge in [-0.1, -0.05) is 12.1 Å². The molecule has 2 rings (SSSR count). The van der Waals surface area contributed by atoms with E-state index in [0.717, 1.165) is 20.3 Å². The summed E-state index contributed by atoms with van der Waals surface area (Å²) >= 11 is 0. The minimum atomic E-state index is -3.81. The molecule has 1 fully saturated rings. The van der Waals surface area contributed by atoms with Gasteiger partial charge in [0.15, 0.2) is 0 Å². The molecule has 0 radical (unpaired) electrons. The third kappa shape index (κ3) is 4.59. The summed E-state index contributed by atoms with van der Waals surface area (Å²) in [7, 11) is -1.51. The normalized spacial score (nSPS) is 16.0. The van der Waals surface area contributed by atoms with Crippen LogP contribution in [0.2, 0.25) is 0 Å². The first-order valence-corrected chi connectivity index (χ1v) is 9.16. The van der Waals surface area contributed by atoms with E-state index < -0.39 is 22.0 Å². The van der Waals surface area contributed by atoms with Crippen LogP contribution in [0.15, 0.2) is 40.9 Å². The topological polar surface area (TPSA) is 111 Å². The van der Waals surface area contributed by atoms with Crippen molar-refractivity contribution in [3.63, 3.8) is 0 Å². The highest BCUT2D eigenvalue weighted by molar-refractivity contribution is 7.89. The van der Waals surface area contributed by atoms with Crippen molar-refractivity contribution >= 4 is 27.6 Å². The molecule has 26 heavy (non-hydrogen) atoms. The van der Waals surface area contributed by atoms with Gasteiger partial charge >= 0.3 is 11.9 Å². The molecule has 10 heteroatoms. The fraction of sp³-hybridized carbons (Fsp3) is 0.375. The lowest BCUT2D eigenvalue weighted by Gasteiger charge is -2.27. The number of nitrogens with zero attached hydrogens (tertiary/aromatic N) is 1. The van der Waals surface area contributed by atoms with E-state index in [9.17, 15) is 18.0 Å². The Balaban J connectivity index is 2.40. The van der Waals surface area contributed by atoms with Gasteiger partial charge in [-0.2, -0.15) is 4.31 Å². The highest BCUT2D eigenvalue weighted by Crippen LogP contribution is 2.26. The van der Waals surface area contributed by atoms with Crippen LogP contribution in [-0.4, -0.2) is 65.2 Å². The molecular weight excluding hydrogens is 364 g/mol. The van der Waals surface area contributed by atoms with Gasteiger partial charge in [-0.15, -0.1) is 0 Å². The van der Waals surface area contributed by atoms with Gasteiger partial charge < -0.3 is 19.5 Å². The number of sulfonamides is 1. The molecule has 1 aromatic carbocycles. The SMILES string of the molecule is COC(=O)/C=C(/Nc1ccccc1S(=O)(=O)N1CCOCC1)C(=O)OC. The molecule has 9 nitrogen and oxygen atoms in total. The quantitative estimate of drug-likeness (QED) is 0.552. The Bertz CT molecular complexity index is 799. The fourth-order valence-corrected chi connectivity index (χ4v) is 3.85. The molecule has 1 saturated heterocycles. The van der Waals surface area contributed by atoms with Crippen molar-refractivity contribution in [1.29, 1.82) is 0 Å². The summed E-state index contributed by atoms with van der Waals surface area (Å²) in [5.74, 6) is -1.62. The maximum absolute atomic E-state index is 12.9. The van der Waals surface area contributed by atoms with Gasteiger partial charge in [-0.25, -0.2) is 18.0 Å². The van der Waals surface area contributed by atoms with Crippen LogP contribution in [0.1, 0.15) is 0 Å². The van der Waals surface area contributed by atoms with Crippen LogP contribution in [0.25, 0.3) is 0 Å². The zero-order valence-electron chi connectivity index (χ0n) is 14.4. The molecule has 1 N–H and O–H groups in total. The van der Waals surface area contributed by atoms with Crippen LogP contribution < -0.4 is 5.32 Å². The lowest BCUT2D eigenvalue weighted by molar-refractivity contribution is -0.138. The molecule has 142 valence electrons. The number of nitrogens with one attached hydrogen (secondary N) is 1. The number of carbonyl (C=O) groups excluding carboxylic acids is 2. The number of para-hydroxylation sites is 1. The second kappa shape index (κ2) is 8.79. The first-order chi connectivity index (χ1) is 12.4. The van der Waals surface area contributed by atoms with Crippen LogP contribution in [0.4, 0.5) is 5.69 Å². The number of morpholine rings is 1. The standard InChI is InChI=1S/C16H20N2O7S/c1-23-15(19)11-13(16(20)24-2)17-12-5-3-4-6-14(12)26(21,22)18-7-9-25-10-8-18/h3-6,11,17H,7-10H2,1-2H3/b13-11+. The number of ether oxygens (including phenoxy) is 3. The smallest absolute Gasteiger partial charge is 0.354 e. The van der Waals surface area contributed by atoms with Gasteiger partial charge in [-0.05, 0) is 12.1 Å². The molecule has 0 bridgehead atoms. The Kier molecular flexibility index (Phi) is 6.72. The molecule has 0 unspecified atom stereocenters. The largest absolute Gasteiger partial charge is 0.466 e. The van der Waals surface area contributed by atoms with Crippen molar-refractivity contribution in [3.05, 3.63) is 36.0 Å². The lowest BCUT2D eigenvalue weighted by atomic mass is 10.3. The summed E-state index contributed by atoms with van der Waals surface area (Å²) in [5, 5.41) is 2.66. The van der Waals surface area contributed by atoms with E-state index in [0.29, 0.717) is 13.2 Å². The third-order valence-corrected chi connectivity index (χ3v) is 5.57. The first kappa shape index (κ1) is 19.9. The highest BCUT2D eigenvalue weighted by Gasteiger charge is 2.29. The molecule has 0 spiro atoms. The zero-order valence-corrected chi connectivity index (χ0v) is 15.2. The van der Waals surface area contributed by atoms with Gasteiger partial charge in [0.25, 0.3) is 0 Å². The van der Waals surface area contributed by atoms with E-state index in [1.165, 1.54) is 16.4 Å². The molecular formula is C16H20N2O7S. The van der Waals surface area contributed by atoms with Crippen LogP contribution in [0, 0.1) is 0 Å². The van der Waals surface area contributed by atoms with E-state index >= 15 is 0 Å². The number of hydrogen-bond acceptors (Lipinski definition) is 8. The van der Waals surface area contributed by atoms with Gasteiger partial charge in [-0.3, -0.25) is 0 Å². The minimum absolute atomic E-state index is 0.0263. The number of carbonyl (C=O) groups is 2. The van der Waals surface area contributed by atoms with E-state index in [2.05, 4.69) is 14.8 Å². The van der Waals surface area contributed by atoms with E-state index in [1.807, 2.05) is 0 Å². The van der Waals surface area contributed by atoms with E-state index in [-0.39, 0.29) is 29.4 Å². The first-order valence-electron chi connectivity index (χ1n) is 7.72. The molecule has 0 aromatic heterocycles. The highest BCUT2D eigenvalue weighted by atomic mass is 32.2. The maximum Gasteiger partial charge on any atom is 0.354 e. The van der Waals surface area contributed by atoms with E-state index in [1.54, 1.807) is 12.1 Å². The van der Waals surface area contributed by atoms with Crippen LogP contribution in [0.5, 0.6) is 0 Å². The van der Waals surface area contributed by atoms with Crippen molar-refractivity contribution < 1.29 is 32.2 Å². The summed E-state index contributed by atoms with van der Waals surface area (Å²) in [6.07, 6.45) is 0.893. The molecule has 0 aliphatic carbocycles. The van der Waals surface area contributed by atoms with Crippen molar-refractivity contribution in [1.82, 2.24) is 4.31 Å². The van der Waals surface area contributed by atoms with Crippen LogP contribution >= 0.6 is 0 Å². The molecule has 1 aliphatic rings. The molecule has 1 aliphatic heterocycles. The number of rotatable bonds is 6. The molecule has 0 amide bonds. The summed E-state index contributed by atoms with van der Waals surface area (Å²) in [5.41, 5.74) is -0.108. The Morgan fingerprint density at radius 1 is 1.15 bits per heavy atom. The van der Waals surface area contributed by atoms with Crippen molar-refractivity contribution in [2.45, 2.75) is 4.90 Å². The summed E-state index contributed by atoms with van der Waals surface area (Å²) in [6, 6.07) is 6.08. The predicted molar refractivity (Wildman–Crippen MR) is 91.8 cm³/mol.